The molecule has 0 radical (unpaired) electrons. The van der Waals surface area contributed by atoms with Crippen LogP contribution in [0.1, 0.15) is 29.8 Å². The van der Waals surface area contributed by atoms with Crippen LogP contribution in [0.25, 0.3) is 5.69 Å². The number of nitrogens with one attached hydrogen (secondary N) is 1. The Bertz CT molecular complexity index is 1110. The van der Waals surface area contributed by atoms with Gasteiger partial charge in [-0.05, 0) is 53.2 Å². The van der Waals surface area contributed by atoms with E-state index in [-0.39, 0.29) is 10.5 Å². The molecule has 0 saturated carbocycles. The highest BCUT2D eigenvalue weighted by Gasteiger charge is 2.22. The number of nitrogens with zero attached hydrogens (tertiary/aromatic N) is 5. The number of carbonyl (C=O) groups is 1. The quantitative estimate of drug-likeness (QED) is 0.635. The minimum atomic E-state index is -3.65. The zero-order valence-corrected chi connectivity index (χ0v) is 17.2. The molecule has 2 aromatic carbocycles. The summed E-state index contributed by atoms with van der Waals surface area (Å²) < 4.78 is 28.3. The van der Waals surface area contributed by atoms with Crippen molar-refractivity contribution in [2.24, 2.45) is 0 Å². The van der Waals surface area contributed by atoms with E-state index in [1.807, 2.05) is 19.1 Å². The Morgan fingerprint density at radius 2 is 1.90 bits per heavy atom. The Morgan fingerprint density at radius 3 is 2.55 bits per heavy atom. The molecule has 152 valence electrons. The largest absolute Gasteiger partial charge is 0.322 e. The summed E-state index contributed by atoms with van der Waals surface area (Å²) in [5.41, 5.74) is 2.38. The molecule has 0 atom stereocenters. The van der Waals surface area contributed by atoms with Crippen LogP contribution in [-0.2, 0) is 10.0 Å². The van der Waals surface area contributed by atoms with Crippen molar-refractivity contribution in [3.05, 3.63) is 59.9 Å². The van der Waals surface area contributed by atoms with Gasteiger partial charge < -0.3 is 5.32 Å². The first kappa shape index (κ1) is 20.6. The molecule has 29 heavy (non-hydrogen) atoms. The van der Waals surface area contributed by atoms with E-state index in [2.05, 4.69) is 20.8 Å². The van der Waals surface area contributed by atoms with Crippen molar-refractivity contribution in [3.8, 4) is 5.69 Å². The van der Waals surface area contributed by atoms with Gasteiger partial charge in [-0.25, -0.2) is 13.1 Å². The van der Waals surface area contributed by atoms with E-state index >= 15 is 0 Å². The van der Waals surface area contributed by atoms with Crippen molar-refractivity contribution in [3.63, 3.8) is 0 Å². The number of amides is 1. The van der Waals surface area contributed by atoms with E-state index < -0.39 is 15.9 Å². The van der Waals surface area contributed by atoms with Crippen LogP contribution in [0.15, 0.2) is 53.7 Å². The number of sulfonamides is 1. The Morgan fingerprint density at radius 1 is 1.14 bits per heavy atom. The van der Waals surface area contributed by atoms with Crippen LogP contribution in [0.3, 0.4) is 0 Å². The minimum absolute atomic E-state index is 0.0908. The van der Waals surface area contributed by atoms with Crippen molar-refractivity contribution in [1.82, 2.24) is 24.5 Å². The fourth-order valence-corrected chi connectivity index (χ4v) is 4.38. The number of rotatable bonds is 7. The molecular formula is C19H22N6O3S. The summed E-state index contributed by atoms with van der Waals surface area (Å²) in [5, 5.41) is 13.9. The first-order valence-electron chi connectivity index (χ1n) is 9.12. The van der Waals surface area contributed by atoms with Crippen molar-refractivity contribution < 1.29 is 13.2 Å². The first-order valence-corrected chi connectivity index (χ1v) is 10.6. The third-order valence-electron chi connectivity index (χ3n) is 4.52. The number of anilines is 1. The van der Waals surface area contributed by atoms with Gasteiger partial charge in [-0.3, -0.25) is 4.79 Å². The Kier molecular flexibility index (Phi) is 6.04. The van der Waals surface area contributed by atoms with Crippen molar-refractivity contribution in [2.75, 3.05) is 18.4 Å². The molecule has 3 aromatic rings. The van der Waals surface area contributed by atoms with Crippen molar-refractivity contribution in [2.45, 2.75) is 25.7 Å². The van der Waals surface area contributed by atoms with E-state index in [1.165, 1.54) is 27.4 Å². The lowest BCUT2D eigenvalue weighted by Gasteiger charge is -2.18. The van der Waals surface area contributed by atoms with Gasteiger partial charge in [0.15, 0.2) is 0 Å². The van der Waals surface area contributed by atoms with E-state index in [4.69, 9.17) is 0 Å². The monoisotopic (exact) mass is 414 g/mol. The highest BCUT2D eigenvalue weighted by Crippen LogP contribution is 2.21. The smallest absolute Gasteiger partial charge is 0.255 e. The number of aryl methyl sites for hydroxylation is 1. The molecule has 0 spiro atoms. The third-order valence-corrected chi connectivity index (χ3v) is 6.57. The van der Waals surface area contributed by atoms with Crippen LogP contribution in [0, 0.1) is 6.92 Å². The second kappa shape index (κ2) is 8.50. The fraction of sp³-hybridized carbons (Fsp3) is 0.263. The zero-order chi connectivity index (χ0) is 21.0. The SMILES string of the molecule is CCN(CC)S(=O)(=O)c1cccc(C(=O)Nc2cc(-n3cnnn3)ccc2C)c1. The number of carbonyl (C=O) groups excluding carboxylic acids is 1. The maximum absolute atomic E-state index is 12.8. The molecule has 0 aliphatic carbocycles. The van der Waals surface area contributed by atoms with Crippen LogP contribution >= 0.6 is 0 Å². The molecule has 1 aromatic heterocycles. The molecule has 9 nitrogen and oxygen atoms in total. The number of hydrogen-bond donors (Lipinski definition) is 1. The van der Waals surface area contributed by atoms with E-state index in [0.717, 1.165) is 5.56 Å². The second-order valence-corrected chi connectivity index (χ2v) is 8.26. The molecule has 1 N–H and O–H groups in total. The molecule has 0 aliphatic rings. The molecule has 0 saturated heterocycles. The molecule has 0 bridgehead atoms. The van der Waals surface area contributed by atoms with E-state index in [0.29, 0.717) is 24.5 Å². The van der Waals surface area contributed by atoms with Gasteiger partial charge in [0.05, 0.1) is 10.6 Å². The molecular weight excluding hydrogens is 392 g/mol. The average Bonchev–Trinajstić information content (AvgIpc) is 3.25. The standard InChI is InChI=1S/C19H22N6O3S/c1-4-24(5-2)29(27,28)17-8-6-7-15(11-17)19(26)21-18-12-16(10-9-14(18)3)25-13-20-22-23-25/h6-13H,4-5H2,1-3H3,(H,21,26). The summed E-state index contributed by atoms with van der Waals surface area (Å²) in [6, 6.07) is 11.5. The van der Waals surface area contributed by atoms with Gasteiger partial charge in [-0.2, -0.15) is 4.31 Å². The molecule has 0 unspecified atom stereocenters. The van der Waals surface area contributed by atoms with Crippen LogP contribution in [0.2, 0.25) is 0 Å². The Balaban J connectivity index is 1.88. The van der Waals surface area contributed by atoms with Crippen LogP contribution in [0.4, 0.5) is 5.69 Å². The normalized spacial score (nSPS) is 11.6. The van der Waals surface area contributed by atoms with E-state index in [9.17, 15) is 13.2 Å². The summed E-state index contributed by atoms with van der Waals surface area (Å²) >= 11 is 0. The summed E-state index contributed by atoms with van der Waals surface area (Å²) in [6.07, 6.45) is 1.46. The van der Waals surface area contributed by atoms with E-state index in [1.54, 1.807) is 32.0 Å². The van der Waals surface area contributed by atoms with Crippen molar-refractivity contribution in [1.29, 1.82) is 0 Å². The highest BCUT2D eigenvalue weighted by molar-refractivity contribution is 7.89. The number of aromatic nitrogens is 4. The highest BCUT2D eigenvalue weighted by atomic mass is 32.2. The molecule has 0 aliphatic heterocycles. The van der Waals surface area contributed by atoms with Gasteiger partial charge in [0.25, 0.3) is 5.91 Å². The fourth-order valence-electron chi connectivity index (χ4n) is 2.87. The van der Waals surface area contributed by atoms with Gasteiger partial charge in [-0.1, -0.05) is 26.0 Å². The minimum Gasteiger partial charge on any atom is -0.322 e. The maximum Gasteiger partial charge on any atom is 0.255 e. The topological polar surface area (TPSA) is 110 Å². The van der Waals surface area contributed by atoms with Crippen LogP contribution < -0.4 is 5.32 Å². The van der Waals surface area contributed by atoms with Gasteiger partial charge >= 0.3 is 0 Å². The predicted molar refractivity (Wildman–Crippen MR) is 108 cm³/mol. The lowest BCUT2D eigenvalue weighted by atomic mass is 10.1. The first-order chi connectivity index (χ1) is 13.9. The molecule has 1 amide bonds. The van der Waals surface area contributed by atoms with Gasteiger partial charge in [0.1, 0.15) is 6.33 Å². The summed E-state index contributed by atoms with van der Waals surface area (Å²) in [7, 11) is -3.65. The van der Waals surface area contributed by atoms with Crippen LogP contribution in [0.5, 0.6) is 0 Å². The second-order valence-electron chi connectivity index (χ2n) is 6.32. The molecule has 1 heterocycles. The Hall–Kier alpha value is -3.11. The average molecular weight is 414 g/mol. The number of hydrogen-bond acceptors (Lipinski definition) is 6. The van der Waals surface area contributed by atoms with Gasteiger partial charge in [0.2, 0.25) is 10.0 Å². The molecule has 3 rings (SSSR count). The van der Waals surface area contributed by atoms with Gasteiger partial charge in [0, 0.05) is 24.3 Å². The molecule has 10 heteroatoms. The van der Waals surface area contributed by atoms with Crippen molar-refractivity contribution >= 4 is 21.6 Å². The summed E-state index contributed by atoms with van der Waals surface area (Å²) in [4.78, 5) is 12.9. The van der Waals surface area contributed by atoms with Crippen LogP contribution in [-0.4, -0.2) is 51.9 Å². The lowest BCUT2D eigenvalue weighted by Crippen LogP contribution is -2.30. The summed E-state index contributed by atoms with van der Waals surface area (Å²) in [5.74, 6) is -0.404. The summed E-state index contributed by atoms with van der Waals surface area (Å²) in [6.45, 7) is 6.13. The lowest BCUT2D eigenvalue weighted by molar-refractivity contribution is 0.102. The number of benzene rings is 2. The van der Waals surface area contributed by atoms with Gasteiger partial charge in [-0.15, -0.1) is 5.10 Å². The molecule has 0 fully saturated rings. The number of tetrazole rings is 1. The third kappa shape index (κ3) is 4.33. The maximum atomic E-state index is 12.8. The Labute approximate surface area is 169 Å². The zero-order valence-electron chi connectivity index (χ0n) is 16.4. The predicted octanol–water partition coefficient (Wildman–Crippen LogP) is 2.25.